The smallest absolute Gasteiger partial charge is 0.336 e. The number of benzene rings is 2. The van der Waals surface area contributed by atoms with Crippen LogP contribution >= 0.6 is 11.6 Å². The molecule has 0 amide bonds. The number of ether oxygens (including phenoxy) is 3. The van der Waals surface area contributed by atoms with Crippen molar-refractivity contribution in [2.24, 2.45) is 0 Å². The summed E-state index contributed by atoms with van der Waals surface area (Å²) in [4.78, 5) is 38.1. The van der Waals surface area contributed by atoms with E-state index in [1.807, 2.05) is 31.2 Å². The number of hydrogen-bond donors (Lipinski definition) is 1. The first-order valence-corrected chi connectivity index (χ1v) is 12.1. The zero-order valence-electron chi connectivity index (χ0n) is 20.4. The Balaban J connectivity index is 1.73. The summed E-state index contributed by atoms with van der Waals surface area (Å²) >= 11 is 6.05. The highest BCUT2D eigenvalue weighted by Gasteiger charge is 2.41. The molecule has 1 heterocycles. The zero-order valence-corrected chi connectivity index (χ0v) is 21.2. The third-order valence-corrected chi connectivity index (χ3v) is 6.64. The van der Waals surface area contributed by atoms with Gasteiger partial charge in [-0.05, 0) is 54.7 Å². The van der Waals surface area contributed by atoms with Crippen LogP contribution in [-0.4, -0.2) is 38.0 Å². The SMILES string of the molecule is COCCOC(=O)C1=C(C)NC2=C(C(=O)C[C@@H](c3ccc(Cl)cc3)C2)[C@H]1c1ccc(OC(C)=O)cc1. The molecule has 188 valence electrons. The molecule has 0 radical (unpaired) electrons. The Bertz CT molecular complexity index is 1230. The summed E-state index contributed by atoms with van der Waals surface area (Å²) in [5, 5.41) is 3.97. The average Bonchev–Trinajstić information content (AvgIpc) is 2.83. The minimum absolute atomic E-state index is 0.00369. The number of ketones is 1. The first-order valence-electron chi connectivity index (χ1n) is 11.7. The first kappa shape index (κ1) is 25.7. The predicted molar refractivity (Wildman–Crippen MR) is 135 cm³/mol. The fourth-order valence-electron chi connectivity index (χ4n) is 4.80. The molecule has 8 heteroatoms. The van der Waals surface area contributed by atoms with Gasteiger partial charge in [-0.2, -0.15) is 0 Å². The summed E-state index contributed by atoms with van der Waals surface area (Å²) in [7, 11) is 1.53. The van der Waals surface area contributed by atoms with Crippen molar-refractivity contribution in [2.45, 2.75) is 38.5 Å². The Kier molecular flexibility index (Phi) is 7.91. The van der Waals surface area contributed by atoms with Crippen molar-refractivity contribution in [3.63, 3.8) is 0 Å². The van der Waals surface area contributed by atoms with Crippen molar-refractivity contribution in [1.29, 1.82) is 0 Å². The number of carbonyl (C=O) groups excluding carboxylic acids is 3. The van der Waals surface area contributed by atoms with Gasteiger partial charge in [0.2, 0.25) is 0 Å². The fourth-order valence-corrected chi connectivity index (χ4v) is 4.93. The van der Waals surface area contributed by atoms with E-state index < -0.39 is 17.9 Å². The van der Waals surface area contributed by atoms with Crippen LogP contribution in [0.25, 0.3) is 0 Å². The molecule has 1 aliphatic heterocycles. The van der Waals surface area contributed by atoms with Gasteiger partial charge in [0.25, 0.3) is 0 Å². The van der Waals surface area contributed by atoms with Gasteiger partial charge in [-0.25, -0.2) is 4.79 Å². The highest BCUT2D eigenvalue weighted by atomic mass is 35.5. The van der Waals surface area contributed by atoms with Gasteiger partial charge < -0.3 is 19.5 Å². The summed E-state index contributed by atoms with van der Waals surface area (Å²) in [6, 6.07) is 14.4. The minimum Gasteiger partial charge on any atom is -0.460 e. The van der Waals surface area contributed by atoms with E-state index in [0.717, 1.165) is 16.8 Å². The van der Waals surface area contributed by atoms with E-state index in [1.54, 1.807) is 24.3 Å². The van der Waals surface area contributed by atoms with Crippen LogP contribution in [0.1, 0.15) is 49.7 Å². The van der Waals surface area contributed by atoms with E-state index in [0.29, 0.717) is 40.5 Å². The van der Waals surface area contributed by atoms with E-state index in [2.05, 4.69) is 5.32 Å². The van der Waals surface area contributed by atoms with Crippen molar-refractivity contribution < 1.29 is 28.6 Å². The van der Waals surface area contributed by atoms with E-state index in [4.69, 9.17) is 25.8 Å². The Hall–Kier alpha value is -3.42. The lowest BCUT2D eigenvalue weighted by Gasteiger charge is -2.36. The van der Waals surface area contributed by atoms with Gasteiger partial charge in [-0.1, -0.05) is 35.9 Å². The van der Waals surface area contributed by atoms with Crippen LogP contribution < -0.4 is 10.1 Å². The molecule has 2 aromatic rings. The van der Waals surface area contributed by atoms with Gasteiger partial charge in [-0.3, -0.25) is 9.59 Å². The van der Waals surface area contributed by atoms with E-state index in [9.17, 15) is 14.4 Å². The molecular formula is C28H28ClNO6. The molecule has 0 saturated heterocycles. The molecule has 36 heavy (non-hydrogen) atoms. The lowest BCUT2D eigenvalue weighted by Crippen LogP contribution is -2.36. The maximum Gasteiger partial charge on any atom is 0.336 e. The Morgan fingerprint density at radius 1 is 1.00 bits per heavy atom. The third-order valence-electron chi connectivity index (χ3n) is 6.38. The number of allylic oxidation sites excluding steroid dienone is 3. The number of nitrogens with one attached hydrogen (secondary N) is 1. The second-order valence-corrected chi connectivity index (χ2v) is 9.30. The molecule has 7 nitrogen and oxygen atoms in total. The summed E-state index contributed by atoms with van der Waals surface area (Å²) in [5.41, 5.74) is 4.14. The van der Waals surface area contributed by atoms with Gasteiger partial charge in [0, 0.05) is 48.4 Å². The van der Waals surface area contributed by atoms with Crippen LogP contribution in [0.2, 0.25) is 5.02 Å². The molecule has 0 aromatic heterocycles. The van der Waals surface area contributed by atoms with Crippen LogP contribution in [0.3, 0.4) is 0 Å². The Labute approximate surface area is 215 Å². The van der Waals surface area contributed by atoms with Crippen LogP contribution in [0.5, 0.6) is 5.75 Å². The van der Waals surface area contributed by atoms with E-state index in [-0.39, 0.29) is 24.9 Å². The van der Waals surface area contributed by atoms with Crippen molar-refractivity contribution in [3.8, 4) is 5.75 Å². The third kappa shape index (κ3) is 5.53. The Morgan fingerprint density at radius 2 is 1.67 bits per heavy atom. The van der Waals surface area contributed by atoms with Crippen molar-refractivity contribution in [1.82, 2.24) is 5.32 Å². The fraction of sp³-hybridized carbons (Fsp3) is 0.321. The van der Waals surface area contributed by atoms with Crippen molar-refractivity contribution >= 4 is 29.3 Å². The average molecular weight is 510 g/mol. The molecular weight excluding hydrogens is 482 g/mol. The molecule has 0 bridgehead atoms. The standard InChI is InChI=1S/C28H28ClNO6/c1-16-25(28(33)35-13-12-34-3)26(19-6-10-22(11-7-19)36-17(2)31)27-23(30-16)14-20(15-24(27)32)18-4-8-21(29)9-5-18/h4-11,20,26,30H,12-15H2,1-3H3/t20-,26-/m0/s1. The first-order chi connectivity index (χ1) is 17.3. The molecule has 0 fully saturated rings. The van der Waals surface area contributed by atoms with Crippen LogP contribution in [-0.2, 0) is 23.9 Å². The van der Waals surface area contributed by atoms with E-state index >= 15 is 0 Å². The maximum atomic E-state index is 13.6. The van der Waals surface area contributed by atoms with Gasteiger partial charge in [0.15, 0.2) is 5.78 Å². The topological polar surface area (TPSA) is 90.9 Å². The molecule has 2 aromatic carbocycles. The van der Waals surface area contributed by atoms with Crippen molar-refractivity contribution in [2.75, 3.05) is 20.3 Å². The number of hydrogen-bond acceptors (Lipinski definition) is 7. The van der Waals surface area contributed by atoms with Crippen LogP contribution in [0.15, 0.2) is 71.1 Å². The molecule has 0 saturated carbocycles. The monoisotopic (exact) mass is 509 g/mol. The second kappa shape index (κ2) is 11.1. The normalized spacial score (nSPS) is 19.5. The molecule has 1 N–H and O–H groups in total. The lowest BCUT2D eigenvalue weighted by atomic mass is 9.72. The van der Waals surface area contributed by atoms with Crippen LogP contribution in [0, 0.1) is 0 Å². The summed E-state index contributed by atoms with van der Waals surface area (Å²) in [5.74, 6) is -1.20. The van der Waals surface area contributed by atoms with Gasteiger partial charge >= 0.3 is 11.9 Å². The molecule has 2 aliphatic rings. The quantitative estimate of drug-likeness (QED) is 0.325. The largest absolute Gasteiger partial charge is 0.460 e. The number of halogens is 1. The number of Topliss-reactive ketones (excluding diaryl/α,β-unsaturated/α-hetero) is 1. The summed E-state index contributed by atoms with van der Waals surface area (Å²) in [6.45, 7) is 3.51. The second-order valence-electron chi connectivity index (χ2n) is 8.86. The minimum atomic E-state index is -0.610. The predicted octanol–water partition coefficient (Wildman–Crippen LogP) is 4.82. The number of methoxy groups -OCH3 is 1. The molecule has 1 aliphatic carbocycles. The zero-order chi connectivity index (χ0) is 25.8. The number of esters is 2. The maximum absolute atomic E-state index is 13.6. The summed E-state index contributed by atoms with van der Waals surface area (Å²) in [6.07, 6.45) is 0.934. The van der Waals surface area contributed by atoms with E-state index in [1.165, 1.54) is 14.0 Å². The van der Waals surface area contributed by atoms with Gasteiger partial charge in [0.05, 0.1) is 12.2 Å². The molecule has 0 spiro atoms. The van der Waals surface area contributed by atoms with Crippen molar-refractivity contribution in [3.05, 3.63) is 87.2 Å². The highest BCUT2D eigenvalue weighted by Crippen LogP contribution is 2.46. The van der Waals surface area contributed by atoms with Gasteiger partial charge in [-0.15, -0.1) is 0 Å². The van der Waals surface area contributed by atoms with Crippen LogP contribution in [0.4, 0.5) is 0 Å². The summed E-state index contributed by atoms with van der Waals surface area (Å²) < 4.78 is 15.6. The lowest BCUT2D eigenvalue weighted by molar-refractivity contribution is -0.140. The molecule has 4 rings (SSSR count). The number of rotatable bonds is 7. The number of dihydropyridines is 1. The number of carbonyl (C=O) groups is 3. The Morgan fingerprint density at radius 3 is 2.31 bits per heavy atom. The molecule has 2 atom stereocenters. The molecule has 0 unspecified atom stereocenters. The highest BCUT2D eigenvalue weighted by molar-refractivity contribution is 6.30. The van der Waals surface area contributed by atoms with Gasteiger partial charge in [0.1, 0.15) is 12.4 Å².